The van der Waals surface area contributed by atoms with E-state index in [1.54, 1.807) is 0 Å². The highest BCUT2D eigenvalue weighted by Crippen LogP contribution is 2.07. The monoisotopic (exact) mass is 264 g/mol. The molecule has 0 aromatic heterocycles. The predicted octanol–water partition coefficient (Wildman–Crippen LogP) is 1.29. The maximum Gasteiger partial charge on any atom is 0.0971 e. The van der Waals surface area contributed by atoms with Gasteiger partial charge in [0, 0.05) is 5.75 Å². The van der Waals surface area contributed by atoms with Crippen LogP contribution in [0.3, 0.4) is 0 Å². The first-order valence-corrected chi connectivity index (χ1v) is 6.89. The van der Waals surface area contributed by atoms with Crippen LogP contribution >= 0.6 is 0 Å². The smallest absolute Gasteiger partial charge is 0.0971 e. The minimum atomic E-state index is -4.06. The summed E-state index contributed by atoms with van der Waals surface area (Å²) in [4.78, 5) is 0. The maximum atomic E-state index is 10.4. The minimum absolute atomic E-state index is 0. The molecule has 5 nitrogen and oxygen atoms in total. The summed E-state index contributed by atoms with van der Waals surface area (Å²) in [6, 6.07) is 0. The van der Waals surface area contributed by atoms with E-state index < -0.39 is 10.1 Å². The van der Waals surface area contributed by atoms with Crippen LogP contribution in [0.15, 0.2) is 25.3 Å². The molecule has 0 radical (unpaired) electrons. The van der Waals surface area contributed by atoms with E-state index in [9.17, 15) is 13.0 Å². The number of unbranched alkanes of at least 4 members (excludes halogenated alkanes) is 1. The molecule has 0 amide bonds. The molecule has 0 aliphatic heterocycles. The van der Waals surface area contributed by atoms with Crippen molar-refractivity contribution in [2.75, 3.05) is 32.4 Å². The second-order valence-corrected chi connectivity index (χ2v) is 5.78. The van der Waals surface area contributed by atoms with Crippen LogP contribution in [-0.4, -0.2) is 49.9 Å². The van der Waals surface area contributed by atoms with Crippen LogP contribution in [0.5, 0.6) is 0 Å². The van der Waals surface area contributed by atoms with E-state index in [2.05, 4.69) is 20.2 Å². The van der Waals surface area contributed by atoms with Gasteiger partial charge in [0.2, 0.25) is 0 Å². The van der Waals surface area contributed by atoms with E-state index in [-0.39, 0.29) is 11.9 Å². The maximum absolute atomic E-state index is 10.4. The van der Waals surface area contributed by atoms with Crippen LogP contribution in [0.1, 0.15) is 12.8 Å². The van der Waals surface area contributed by atoms with Crippen molar-refractivity contribution in [3.05, 3.63) is 25.3 Å². The molecule has 0 unspecified atom stereocenters. The Bertz CT molecular complexity index is 316. The average molecular weight is 264 g/mol. The Hall–Kier alpha value is -0.690. The molecule has 0 fully saturated rings. The third-order valence-electron chi connectivity index (χ3n) is 2.48. The van der Waals surface area contributed by atoms with Crippen LogP contribution < -0.4 is 6.15 Å². The zero-order valence-electron chi connectivity index (χ0n) is 10.6. The first-order valence-electron chi connectivity index (χ1n) is 5.32. The lowest BCUT2D eigenvalue weighted by atomic mass is 10.2. The SMILES string of the molecule is C=CC[N+](C)(CC=C)CCCCS(=O)(=O)[O-].N. The van der Waals surface area contributed by atoms with Crippen molar-refractivity contribution in [1.82, 2.24) is 6.15 Å². The summed E-state index contributed by atoms with van der Waals surface area (Å²) in [6.07, 6.45) is 4.83. The van der Waals surface area contributed by atoms with Gasteiger partial charge in [-0.3, -0.25) is 0 Å². The van der Waals surface area contributed by atoms with Crippen molar-refractivity contribution in [2.24, 2.45) is 0 Å². The van der Waals surface area contributed by atoms with Crippen molar-refractivity contribution >= 4 is 10.1 Å². The zero-order chi connectivity index (χ0) is 12.7. The summed E-state index contributed by atoms with van der Waals surface area (Å²) in [5.41, 5.74) is 0. The van der Waals surface area contributed by atoms with Crippen LogP contribution in [0, 0.1) is 0 Å². The summed E-state index contributed by atoms with van der Waals surface area (Å²) >= 11 is 0. The molecule has 0 saturated carbocycles. The largest absolute Gasteiger partial charge is 0.748 e. The second-order valence-electron chi connectivity index (χ2n) is 4.25. The Kier molecular flexibility index (Phi) is 9.23. The molecule has 0 bridgehead atoms. The molecule has 0 rings (SSSR count). The number of rotatable bonds is 9. The lowest BCUT2D eigenvalue weighted by molar-refractivity contribution is -0.898. The molecule has 3 N–H and O–H groups in total. The van der Waals surface area contributed by atoms with Gasteiger partial charge in [0.05, 0.1) is 36.8 Å². The summed E-state index contributed by atoms with van der Waals surface area (Å²) in [6.45, 7) is 9.86. The van der Waals surface area contributed by atoms with Crippen LogP contribution in [0.2, 0.25) is 0 Å². The fraction of sp³-hybridized carbons (Fsp3) is 0.636. The molecule has 17 heavy (non-hydrogen) atoms. The van der Waals surface area contributed by atoms with E-state index >= 15 is 0 Å². The molecule has 0 atom stereocenters. The molecule has 0 aromatic carbocycles. The van der Waals surface area contributed by atoms with Crippen molar-refractivity contribution in [3.8, 4) is 0 Å². The molecule has 0 aliphatic carbocycles. The van der Waals surface area contributed by atoms with Gasteiger partial charge in [0.15, 0.2) is 0 Å². The molecule has 0 heterocycles. The molecule has 0 spiro atoms. The average Bonchev–Trinajstić information content (AvgIpc) is 2.12. The van der Waals surface area contributed by atoms with Gasteiger partial charge in [0.25, 0.3) is 0 Å². The fourth-order valence-electron chi connectivity index (χ4n) is 1.65. The van der Waals surface area contributed by atoms with Gasteiger partial charge in [-0.25, -0.2) is 8.42 Å². The van der Waals surface area contributed by atoms with Crippen molar-refractivity contribution in [2.45, 2.75) is 12.8 Å². The molecular weight excluding hydrogens is 240 g/mol. The van der Waals surface area contributed by atoms with Crippen molar-refractivity contribution in [3.63, 3.8) is 0 Å². The van der Waals surface area contributed by atoms with Gasteiger partial charge in [-0.2, -0.15) is 0 Å². The Labute approximate surface area is 105 Å². The summed E-state index contributed by atoms with van der Waals surface area (Å²) in [5.74, 6) is -0.269. The normalized spacial score (nSPS) is 11.6. The number of hydrogen-bond donors (Lipinski definition) is 1. The third kappa shape index (κ3) is 10.2. The summed E-state index contributed by atoms with van der Waals surface area (Å²) < 4.78 is 32.0. The highest BCUT2D eigenvalue weighted by atomic mass is 32.2. The lowest BCUT2D eigenvalue weighted by Crippen LogP contribution is -2.45. The molecule has 0 saturated heterocycles. The van der Waals surface area contributed by atoms with Crippen LogP contribution in [0.4, 0.5) is 0 Å². The highest BCUT2D eigenvalue weighted by Gasteiger charge is 2.17. The molecule has 0 aromatic rings. The summed E-state index contributed by atoms with van der Waals surface area (Å²) in [7, 11) is -2.00. The lowest BCUT2D eigenvalue weighted by Gasteiger charge is -2.32. The van der Waals surface area contributed by atoms with Gasteiger partial charge in [-0.05, 0) is 25.0 Å². The Morgan fingerprint density at radius 2 is 1.65 bits per heavy atom. The van der Waals surface area contributed by atoms with E-state index in [1.807, 2.05) is 12.2 Å². The van der Waals surface area contributed by atoms with Crippen LogP contribution in [0.25, 0.3) is 0 Å². The highest BCUT2D eigenvalue weighted by molar-refractivity contribution is 7.85. The topological polar surface area (TPSA) is 92.2 Å². The van der Waals surface area contributed by atoms with E-state index in [0.717, 1.165) is 30.5 Å². The van der Waals surface area contributed by atoms with Crippen molar-refractivity contribution < 1.29 is 17.5 Å². The Balaban J connectivity index is 0. The van der Waals surface area contributed by atoms with E-state index in [4.69, 9.17) is 0 Å². The second kappa shape index (κ2) is 8.41. The molecule has 6 heteroatoms. The minimum Gasteiger partial charge on any atom is -0.748 e. The van der Waals surface area contributed by atoms with E-state index in [0.29, 0.717) is 6.42 Å². The first-order chi connectivity index (χ1) is 7.33. The number of likely N-dealkylation sites (N-methyl/N-ethyl adjacent to an activating group) is 1. The first kappa shape index (κ1) is 18.7. The standard InChI is InChI=1S/C11H21NO3S.H3N/c1-4-8-12(3,9-5-2)10-6-7-11-16(13,14)15;/h4-5H,1-2,6-11H2,3H3;1H3. The van der Waals surface area contributed by atoms with Crippen LogP contribution in [-0.2, 0) is 10.1 Å². The zero-order valence-corrected chi connectivity index (χ0v) is 11.4. The fourth-order valence-corrected chi connectivity index (χ4v) is 2.21. The van der Waals surface area contributed by atoms with Gasteiger partial charge in [-0.15, -0.1) is 0 Å². The predicted molar refractivity (Wildman–Crippen MR) is 70.0 cm³/mol. The molecule has 102 valence electrons. The number of quaternary nitrogens is 1. The third-order valence-corrected chi connectivity index (χ3v) is 3.27. The van der Waals surface area contributed by atoms with E-state index in [1.165, 1.54) is 0 Å². The van der Waals surface area contributed by atoms with Gasteiger partial charge < -0.3 is 15.2 Å². The van der Waals surface area contributed by atoms with Crippen molar-refractivity contribution in [1.29, 1.82) is 0 Å². The number of hydrogen-bond acceptors (Lipinski definition) is 4. The van der Waals surface area contributed by atoms with Gasteiger partial charge in [-0.1, -0.05) is 13.2 Å². The molecular formula is C11H24N2O3S. The quantitative estimate of drug-likeness (QED) is 0.294. The summed E-state index contributed by atoms with van der Waals surface area (Å²) in [5, 5.41) is 0. The van der Waals surface area contributed by atoms with Gasteiger partial charge in [0.1, 0.15) is 0 Å². The van der Waals surface area contributed by atoms with Gasteiger partial charge >= 0.3 is 0 Å². The molecule has 0 aliphatic rings. The Morgan fingerprint density at radius 1 is 1.18 bits per heavy atom. The Morgan fingerprint density at radius 3 is 2.00 bits per heavy atom. The number of nitrogens with zero attached hydrogens (tertiary/aromatic N) is 1.